The zero-order valence-electron chi connectivity index (χ0n) is 13.0. The molecule has 1 saturated heterocycles. The molecule has 22 heavy (non-hydrogen) atoms. The maximum Gasteiger partial charge on any atom is 0.223 e. The average Bonchev–Trinajstić information content (AvgIpc) is 2.55. The molecule has 0 spiro atoms. The largest absolute Gasteiger partial charge is 0.396 e. The van der Waals surface area contributed by atoms with Gasteiger partial charge >= 0.3 is 0 Å². The minimum Gasteiger partial charge on any atom is -0.396 e. The third kappa shape index (κ3) is 4.52. The van der Waals surface area contributed by atoms with Crippen molar-refractivity contribution in [2.75, 3.05) is 26.4 Å². The Morgan fingerprint density at radius 3 is 2.59 bits per heavy atom. The van der Waals surface area contributed by atoms with E-state index in [1.54, 1.807) is 12.1 Å². The number of rotatable bonds is 6. The lowest BCUT2D eigenvalue weighted by Crippen LogP contribution is -2.45. The Hall–Kier alpha value is -1.46. The Balaban J connectivity index is 1.84. The first kappa shape index (κ1) is 16.9. The van der Waals surface area contributed by atoms with Gasteiger partial charge in [0.15, 0.2) is 0 Å². The third-order valence-corrected chi connectivity index (χ3v) is 4.43. The fraction of sp³-hybridized carbons (Fsp3) is 0.588. The Morgan fingerprint density at radius 2 is 2.00 bits per heavy atom. The highest BCUT2D eigenvalue weighted by atomic mass is 19.1. The molecule has 0 radical (unpaired) electrons. The van der Waals surface area contributed by atoms with Gasteiger partial charge < -0.3 is 15.2 Å². The van der Waals surface area contributed by atoms with Crippen LogP contribution in [0.1, 0.15) is 25.3 Å². The Bertz CT molecular complexity index is 483. The Morgan fingerprint density at radius 1 is 1.36 bits per heavy atom. The molecule has 0 bridgehead atoms. The van der Waals surface area contributed by atoms with E-state index in [1.165, 1.54) is 12.1 Å². The lowest BCUT2D eigenvalue weighted by molar-refractivity contribution is -0.125. The number of halogens is 1. The first-order valence-electron chi connectivity index (χ1n) is 7.75. The van der Waals surface area contributed by atoms with Crippen LogP contribution in [-0.2, 0) is 16.0 Å². The Labute approximate surface area is 130 Å². The summed E-state index contributed by atoms with van der Waals surface area (Å²) in [5, 5.41) is 12.6. The predicted octanol–water partition coefficient (Wildman–Crippen LogP) is 1.91. The zero-order valence-corrected chi connectivity index (χ0v) is 13.0. The summed E-state index contributed by atoms with van der Waals surface area (Å²) in [7, 11) is 0. The van der Waals surface area contributed by atoms with Crippen LogP contribution in [-0.4, -0.2) is 37.4 Å². The van der Waals surface area contributed by atoms with Gasteiger partial charge in [0.25, 0.3) is 0 Å². The van der Waals surface area contributed by atoms with Gasteiger partial charge in [-0.15, -0.1) is 0 Å². The molecule has 0 aliphatic carbocycles. The SMILES string of the molecule is CC(Cc1ccc(F)cc1)C(=O)NCC1(CO)CCOCC1. The van der Waals surface area contributed by atoms with E-state index < -0.39 is 0 Å². The molecular formula is C17H24FNO3. The molecule has 0 aromatic heterocycles. The van der Waals surface area contributed by atoms with Crippen molar-refractivity contribution in [3.8, 4) is 0 Å². The van der Waals surface area contributed by atoms with E-state index in [-0.39, 0.29) is 29.7 Å². The third-order valence-electron chi connectivity index (χ3n) is 4.43. The molecule has 1 atom stereocenters. The zero-order chi connectivity index (χ0) is 16.0. The van der Waals surface area contributed by atoms with Crippen molar-refractivity contribution in [3.05, 3.63) is 35.6 Å². The van der Waals surface area contributed by atoms with Gasteiger partial charge in [-0.3, -0.25) is 4.79 Å². The van der Waals surface area contributed by atoms with Crippen LogP contribution in [0.3, 0.4) is 0 Å². The normalized spacial score (nSPS) is 18.7. The van der Waals surface area contributed by atoms with Gasteiger partial charge in [-0.05, 0) is 37.0 Å². The summed E-state index contributed by atoms with van der Waals surface area (Å²) in [6.07, 6.45) is 2.09. The molecule has 2 rings (SSSR count). The second-order valence-corrected chi connectivity index (χ2v) is 6.22. The molecule has 1 unspecified atom stereocenters. The highest BCUT2D eigenvalue weighted by molar-refractivity contribution is 5.78. The summed E-state index contributed by atoms with van der Waals surface area (Å²) in [5.74, 6) is -0.505. The molecule has 0 saturated carbocycles. The number of carbonyl (C=O) groups is 1. The van der Waals surface area contributed by atoms with Gasteiger partial charge in [-0.25, -0.2) is 4.39 Å². The molecule has 2 N–H and O–H groups in total. The van der Waals surface area contributed by atoms with Crippen LogP contribution in [0, 0.1) is 17.2 Å². The fourth-order valence-corrected chi connectivity index (χ4v) is 2.71. The maximum absolute atomic E-state index is 12.9. The minimum atomic E-state index is -0.273. The van der Waals surface area contributed by atoms with Gasteiger partial charge in [-0.1, -0.05) is 19.1 Å². The van der Waals surface area contributed by atoms with E-state index in [2.05, 4.69) is 5.32 Å². The number of hydrogen-bond donors (Lipinski definition) is 2. The molecule has 1 fully saturated rings. The number of hydrogen-bond acceptors (Lipinski definition) is 3. The predicted molar refractivity (Wildman–Crippen MR) is 81.8 cm³/mol. The van der Waals surface area contributed by atoms with E-state index in [1.807, 2.05) is 6.92 Å². The van der Waals surface area contributed by atoms with Crippen LogP contribution in [0.25, 0.3) is 0 Å². The number of carbonyl (C=O) groups excluding carboxylic acids is 1. The van der Waals surface area contributed by atoms with Crippen LogP contribution in [0.2, 0.25) is 0 Å². The van der Waals surface area contributed by atoms with Crippen molar-refractivity contribution in [2.24, 2.45) is 11.3 Å². The summed E-state index contributed by atoms with van der Waals surface area (Å²) in [4.78, 5) is 12.2. The number of aliphatic hydroxyl groups is 1. The molecule has 1 aromatic carbocycles. The van der Waals surface area contributed by atoms with Crippen LogP contribution >= 0.6 is 0 Å². The fourth-order valence-electron chi connectivity index (χ4n) is 2.71. The summed E-state index contributed by atoms with van der Waals surface area (Å²) < 4.78 is 18.2. The molecule has 1 aromatic rings. The Kier molecular flexibility index (Phi) is 5.91. The second kappa shape index (κ2) is 7.70. The molecule has 1 heterocycles. The van der Waals surface area contributed by atoms with E-state index >= 15 is 0 Å². The monoisotopic (exact) mass is 309 g/mol. The summed E-state index contributed by atoms with van der Waals surface area (Å²) in [6, 6.07) is 6.21. The van der Waals surface area contributed by atoms with Crippen LogP contribution in [0.5, 0.6) is 0 Å². The van der Waals surface area contributed by atoms with E-state index in [4.69, 9.17) is 4.74 Å². The van der Waals surface area contributed by atoms with Gasteiger partial charge in [0.2, 0.25) is 5.91 Å². The van der Waals surface area contributed by atoms with Crippen LogP contribution < -0.4 is 5.32 Å². The molecule has 1 amide bonds. The number of aliphatic hydroxyl groups excluding tert-OH is 1. The average molecular weight is 309 g/mol. The van der Waals surface area contributed by atoms with Crippen molar-refractivity contribution < 1.29 is 19.0 Å². The maximum atomic E-state index is 12.9. The first-order chi connectivity index (χ1) is 10.5. The van der Waals surface area contributed by atoms with Crippen molar-refractivity contribution in [1.29, 1.82) is 0 Å². The highest BCUT2D eigenvalue weighted by Gasteiger charge is 2.32. The van der Waals surface area contributed by atoms with Gasteiger partial charge in [0, 0.05) is 31.1 Å². The summed E-state index contributed by atoms with van der Waals surface area (Å²) in [6.45, 7) is 3.64. The molecular weight excluding hydrogens is 285 g/mol. The number of benzene rings is 1. The molecule has 1 aliphatic rings. The van der Waals surface area contributed by atoms with E-state index in [0.29, 0.717) is 26.2 Å². The van der Waals surface area contributed by atoms with Crippen molar-refractivity contribution in [1.82, 2.24) is 5.32 Å². The summed E-state index contributed by atoms with van der Waals surface area (Å²) >= 11 is 0. The molecule has 4 nitrogen and oxygen atoms in total. The van der Waals surface area contributed by atoms with E-state index in [0.717, 1.165) is 18.4 Å². The van der Waals surface area contributed by atoms with Crippen molar-refractivity contribution in [3.63, 3.8) is 0 Å². The standard InChI is InChI=1S/C17H24FNO3/c1-13(10-14-2-4-15(18)5-3-14)16(21)19-11-17(12-20)6-8-22-9-7-17/h2-5,13,20H,6-12H2,1H3,(H,19,21). The van der Waals surface area contributed by atoms with Crippen LogP contribution in [0.15, 0.2) is 24.3 Å². The topological polar surface area (TPSA) is 58.6 Å². The minimum absolute atomic E-state index is 0.0383. The molecule has 1 aliphatic heterocycles. The van der Waals surface area contributed by atoms with Gasteiger partial charge in [0.1, 0.15) is 5.82 Å². The van der Waals surface area contributed by atoms with Gasteiger partial charge in [0.05, 0.1) is 6.61 Å². The first-order valence-corrected chi connectivity index (χ1v) is 7.75. The van der Waals surface area contributed by atoms with Gasteiger partial charge in [-0.2, -0.15) is 0 Å². The van der Waals surface area contributed by atoms with E-state index in [9.17, 15) is 14.3 Å². The number of nitrogens with one attached hydrogen (secondary N) is 1. The van der Waals surface area contributed by atoms with Crippen LogP contribution in [0.4, 0.5) is 4.39 Å². The molecule has 122 valence electrons. The smallest absolute Gasteiger partial charge is 0.223 e. The lowest BCUT2D eigenvalue weighted by atomic mass is 9.81. The number of ether oxygens (including phenoxy) is 1. The lowest BCUT2D eigenvalue weighted by Gasteiger charge is -2.35. The molecule has 5 heteroatoms. The highest BCUT2D eigenvalue weighted by Crippen LogP contribution is 2.29. The second-order valence-electron chi connectivity index (χ2n) is 6.22. The van der Waals surface area contributed by atoms with Crippen molar-refractivity contribution in [2.45, 2.75) is 26.2 Å². The number of amides is 1. The summed E-state index contributed by atoms with van der Waals surface area (Å²) in [5.41, 5.74) is 0.677. The van der Waals surface area contributed by atoms with Crippen molar-refractivity contribution >= 4 is 5.91 Å². The quantitative estimate of drug-likeness (QED) is 0.844.